The Balaban J connectivity index is 1.85. The Hall–Kier alpha value is -2.97. The molecule has 0 atom stereocenters. The summed E-state index contributed by atoms with van der Waals surface area (Å²) >= 11 is 6.04. The molecule has 0 aliphatic carbocycles. The van der Waals surface area contributed by atoms with Gasteiger partial charge in [0.15, 0.2) is 5.82 Å². The van der Waals surface area contributed by atoms with Gasteiger partial charge >= 0.3 is 0 Å². The van der Waals surface area contributed by atoms with Gasteiger partial charge in [0.25, 0.3) is 5.91 Å². The summed E-state index contributed by atoms with van der Waals surface area (Å²) in [5, 5.41) is 11.9. The lowest BCUT2D eigenvalue weighted by Gasteiger charge is -2.06. The van der Waals surface area contributed by atoms with E-state index in [1.54, 1.807) is 42.5 Å². The molecule has 0 saturated carbocycles. The Morgan fingerprint density at radius 2 is 2.09 bits per heavy atom. The van der Waals surface area contributed by atoms with Crippen molar-refractivity contribution >= 4 is 34.4 Å². The Kier molecular flexibility index (Phi) is 4.18. The molecule has 3 rings (SSSR count). The first-order valence-corrected chi connectivity index (χ1v) is 7.23. The number of nitrogens with one attached hydrogen (secondary N) is 1. The summed E-state index contributed by atoms with van der Waals surface area (Å²) < 4.78 is 0. The second kappa shape index (κ2) is 6.42. The molecular formula is C17H11ClN4O. The number of hydrogen-bond acceptors (Lipinski definition) is 4. The predicted molar refractivity (Wildman–Crippen MR) is 88.3 cm³/mol. The fourth-order valence-electron chi connectivity index (χ4n) is 2.17. The summed E-state index contributed by atoms with van der Waals surface area (Å²) in [6.07, 6.45) is 1.72. The third kappa shape index (κ3) is 3.28. The number of nitrogens with zero attached hydrogens (tertiary/aromatic N) is 3. The maximum absolute atomic E-state index is 12.3. The lowest BCUT2D eigenvalue weighted by Crippen LogP contribution is -2.13. The van der Waals surface area contributed by atoms with Gasteiger partial charge in [-0.1, -0.05) is 29.8 Å². The van der Waals surface area contributed by atoms with Crippen LogP contribution in [0.25, 0.3) is 11.0 Å². The number of hydrogen-bond donors (Lipinski definition) is 1. The molecule has 6 heteroatoms. The number of carbonyl (C=O) groups excluding carboxylic acids is 1. The van der Waals surface area contributed by atoms with Gasteiger partial charge in [0.1, 0.15) is 5.52 Å². The van der Waals surface area contributed by atoms with E-state index < -0.39 is 0 Å². The highest BCUT2D eigenvalue weighted by Gasteiger charge is 2.09. The fraction of sp³-hybridized carbons (Fsp3) is 0.0588. The van der Waals surface area contributed by atoms with Crippen LogP contribution in [0.2, 0.25) is 5.02 Å². The van der Waals surface area contributed by atoms with Crippen molar-refractivity contribution in [1.82, 2.24) is 9.97 Å². The number of benzene rings is 2. The fourth-order valence-corrected chi connectivity index (χ4v) is 2.39. The third-order valence-electron chi connectivity index (χ3n) is 3.24. The van der Waals surface area contributed by atoms with E-state index in [2.05, 4.69) is 21.4 Å². The Morgan fingerprint density at radius 1 is 1.26 bits per heavy atom. The molecule has 2 aromatic carbocycles. The van der Waals surface area contributed by atoms with Crippen LogP contribution in [0.15, 0.2) is 48.7 Å². The van der Waals surface area contributed by atoms with Gasteiger partial charge in [0, 0.05) is 5.56 Å². The average Bonchev–Trinajstić information content (AvgIpc) is 2.55. The SMILES string of the molecule is N#CCc1cccc(C(=O)Nc2cnc3c(Cl)cccc3n2)c1. The highest BCUT2D eigenvalue weighted by Crippen LogP contribution is 2.20. The molecule has 0 spiro atoms. The molecule has 0 unspecified atom stereocenters. The maximum atomic E-state index is 12.3. The van der Waals surface area contributed by atoms with Gasteiger partial charge in [-0.3, -0.25) is 4.79 Å². The van der Waals surface area contributed by atoms with E-state index in [9.17, 15) is 4.79 Å². The average molecular weight is 323 g/mol. The molecule has 0 aliphatic heterocycles. The first-order valence-electron chi connectivity index (χ1n) is 6.86. The normalized spacial score (nSPS) is 10.3. The second-order valence-corrected chi connectivity index (χ2v) is 5.26. The summed E-state index contributed by atoms with van der Waals surface area (Å²) in [6.45, 7) is 0. The van der Waals surface area contributed by atoms with Crippen molar-refractivity contribution in [2.24, 2.45) is 0 Å². The number of anilines is 1. The molecule has 0 aliphatic rings. The minimum atomic E-state index is -0.305. The molecule has 1 heterocycles. The monoisotopic (exact) mass is 322 g/mol. The number of amides is 1. The van der Waals surface area contributed by atoms with Crippen LogP contribution < -0.4 is 5.32 Å². The Labute approximate surface area is 137 Å². The molecule has 0 fully saturated rings. The smallest absolute Gasteiger partial charge is 0.256 e. The molecule has 1 amide bonds. The van der Waals surface area contributed by atoms with Gasteiger partial charge in [-0.25, -0.2) is 9.97 Å². The van der Waals surface area contributed by atoms with Crippen LogP contribution >= 0.6 is 11.6 Å². The van der Waals surface area contributed by atoms with E-state index in [1.807, 2.05) is 0 Å². The van der Waals surface area contributed by atoms with E-state index in [0.29, 0.717) is 27.4 Å². The molecule has 1 N–H and O–H groups in total. The molecule has 1 aromatic heterocycles. The quantitative estimate of drug-likeness (QED) is 0.799. The van der Waals surface area contributed by atoms with Gasteiger partial charge in [0.05, 0.1) is 29.2 Å². The van der Waals surface area contributed by atoms with E-state index in [4.69, 9.17) is 16.9 Å². The van der Waals surface area contributed by atoms with E-state index in [-0.39, 0.29) is 12.3 Å². The van der Waals surface area contributed by atoms with Crippen LogP contribution in [0, 0.1) is 11.3 Å². The third-order valence-corrected chi connectivity index (χ3v) is 3.54. The molecular weight excluding hydrogens is 312 g/mol. The largest absolute Gasteiger partial charge is 0.305 e. The molecule has 5 nitrogen and oxygen atoms in total. The lowest BCUT2D eigenvalue weighted by atomic mass is 10.1. The Morgan fingerprint density at radius 3 is 2.91 bits per heavy atom. The molecule has 0 radical (unpaired) electrons. The van der Waals surface area contributed by atoms with Crippen LogP contribution in [0.1, 0.15) is 15.9 Å². The lowest BCUT2D eigenvalue weighted by molar-refractivity contribution is 0.102. The summed E-state index contributed by atoms with van der Waals surface area (Å²) in [5.74, 6) is 0.0379. The van der Waals surface area contributed by atoms with E-state index in [1.165, 1.54) is 6.20 Å². The molecule has 112 valence electrons. The topological polar surface area (TPSA) is 78.7 Å². The van der Waals surface area contributed by atoms with Crippen molar-refractivity contribution in [3.05, 3.63) is 64.8 Å². The number of rotatable bonds is 3. The van der Waals surface area contributed by atoms with Gasteiger partial charge in [-0.2, -0.15) is 5.26 Å². The zero-order valence-corrected chi connectivity index (χ0v) is 12.7. The number of aromatic nitrogens is 2. The van der Waals surface area contributed by atoms with Crippen LogP contribution in [0.4, 0.5) is 5.82 Å². The molecule has 23 heavy (non-hydrogen) atoms. The molecule has 3 aromatic rings. The van der Waals surface area contributed by atoms with Crippen LogP contribution in [-0.2, 0) is 6.42 Å². The zero-order valence-electron chi connectivity index (χ0n) is 12.0. The minimum absolute atomic E-state index is 0.259. The number of nitriles is 1. The summed E-state index contributed by atoms with van der Waals surface area (Å²) in [7, 11) is 0. The number of para-hydroxylation sites is 1. The standard InChI is InChI=1S/C17H11ClN4O/c18-13-5-2-6-14-16(13)20-10-15(21-14)22-17(23)12-4-1-3-11(9-12)7-8-19/h1-6,9-10H,7H2,(H,21,22,23). The van der Waals surface area contributed by atoms with Crippen molar-refractivity contribution in [2.45, 2.75) is 6.42 Å². The first-order chi connectivity index (χ1) is 11.2. The van der Waals surface area contributed by atoms with E-state index >= 15 is 0 Å². The van der Waals surface area contributed by atoms with Gasteiger partial charge < -0.3 is 5.32 Å². The predicted octanol–water partition coefficient (Wildman–Crippen LogP) is 3.60. The van der Waals surface area contributed by atoms with Crippen LogP contribution in [-0.4, -0.2) is 15.9 Å². The summed E-state index contributed by atoms with van der Waals surface area (Å²) in [4.78, 5) is 20.8. The molecule has 0 saturated heterocycles. The highest BCUT2D eigenvalue weighted by atomic mass is 35.5. The second-order valence-electron chi connectivity index (χ2n) is 4.85. The van der Waals surface area contributed by atoms with E-state index in [0.717, 1.165) is 5.56 Å². The minimum Gasteiger partial charge on any atom is -0.305 e. The van der Waals surface area contributed by atoms with Gasteiger partial charge in [-0.05, 0) is 29.8 Å². The van der Waals surface area contributed by atoms with Crippen molar-refractivity contribution in [3.8, 4) is 6.07 Å². The summed E-state index contributed by atoms with van der Waals surface area (Å²) in [5.41, 5.74) is 2.44. The van der Waals surface area contributed by atoms with Crippen molar-refractivity contribution in [3.63, 3.8) is 0 Å². The van der Waals surface area contributed by atoms with Gasteiger partial charge in [0.2, 0.25) is 0 Å². The van der Waals surface area contributed by atoms with Gasteiger partial charge in [-0.15, -0.1) is 0 Å². The van der Waals surface area contributed by atoms with Crippen LogP contribution in [0.3, 0.4) is 0 Å². The van der Waals surface area contributed by atoms with Crippen molar-refractivity contribution in [1.29, 1.82) is 5.26 Å². The zero-order chi connectivity index (χ0) is 16.2. The Bertz CT molecular complexity index is 933. The van der Waals surface area contributed by atoms with Crippen molar-refractivity contribution in [2.75, 3.05) is 5.32 Å². The molecule has 0 bridgehead atoms. The summed E-state index contributed by atoms with van der Waals surface area (Å²) in [6, 6.07) is 14.3. The highest BCUT2D eigenvalue weighted by molar-refractivity contribution is 6.34. The van der Waals surface area contributed by atoms with Crippen molar-refractivity contribution < 1.29 is 4.79 Å². The number of halogens is 1. The first kappa shape index (κ1) is 14.9. The number of carbonyl (C=O) groups is 1. The number of fused-ring (bicyclic) bond motifs is 1. The maximum Gasteiger partial charge on any atom is 0.256 e. The van der Waals surface area contributed by atoms with Crippen LogP contribution in [0.5, 0.6) is 0 Å².